The van der Waals surface area contributed by atoms with Gasteiger partial charge in [-0.1, -0.05) is 19.1 Å². The minimum atomic E-state index is -0.349. The van der Waals surface area contributed by atoms with Gasteiger partial charge in [0, 0.05) is 12.5 Å². The maximum atomic E-state index is 9.91. The van der Waals surface area contributed by atoms with Crippen molar-refractivity contribution in [1.29, 1.82) is 0 Å². The Morgan fingerprint density at radius 3 is 3.06 bits per heavy atom. The molecular formula is C14H20O3. The Morgan fingerprint density at radius 1 is 1.47 bits per heavy atom. The summed E-state index contributed by atoms with van der Waals surface area (Å²) in [7, 11) is 0. The molecule has 0 bridgehead atoms. The molecule has 1 aromatic rings. The molecule has 0 saturated heterocycles. The highest BCUT2D eigenvalue weighted by Crippen LogP contribution is 2.35. The van der Waals surface area contributed by atoms with Gasteiger partial charge in [-0.15, -0.1) is 0 Å². The number of aliphatic hydroxyl groups excluding tert-OH is 2. The van der Waals surface area contributed by atoms with Crippen LogP contribution in [0.2, 0.25) is 0 Å². The molecule has 0 saturated carbocycles. The quantitative estimate of drug-likeness (QED) is 0.841. The van der Waals surface area contributed by atoms with Crippen molar-refractivity contribution in [3.8, 4) is 5.75 Å². The van der Waals surface area contributed by atoms with Gasteiger partial charge in [0.15, 0.2) is 0 Å². The molecule has 0 aliphatic heterocycles. The predicted molar refractivity (Wildman–Crippen MR) is 66.1 cm³/mol. The maximum Gasteiger partial charge on any atom is 0.122 e. The Bertz CT molecular complexity index is 376. The zero-order valence-electron chi connectivity index (χ0n) is 10.2. The first kappa shape index (κ1) is 12.4. The number of ether oxygens (including phenoxy) is 1. The van der Waals surface area contributed by atoms with Crippen LogP contribution in [-0.2, 0) is 6.42 Å². The molecule has 17 heavy (non-hydrogen) atoms. The van der Waals surface area contributed by atoms with Crippen LogP contribution in [0.25, 0.3) is 0 Å². The number of rotatable bonds is 4. The summed E-state index contributed by atoms with van der Waals surface area (Å²) >= 11 is 0. The van der Waals surface area contributed by atoms with Crippen LogP contribution in [0.1, 0.15) is 37.0 Å². The number of benzene rings is 1. The summed E-state index contributed by atoms with van der Waals surface area (Å²) in [5.74, 6) is 1.00. The first-order valence-electron chi connectivity index (χ1n) is 6.26. The third-order valence-electron chi connectivity index (χ3n) is 3.27. The molecule has 1 aromatic carbocycles. The van der Waals surface area contributed by atoms with E-state index in [1.165, 1.54) is 0 Å². The molecule has 3 nitrogen and oxygen atoms in total. The highest BCUT2D eigenvalue weighted by molar-refractivity contribution is 5.42. The number of hydrogen-bond acceptors (Lipinski definition) is 3. The Labute approximate surface area is 102 Å². The third kappa shape index (κ3) is 2.79. The van der Waals surface area contributed by atoms with Crippen molar-refractivity contribution in [2.45, 2.75) is 32.3 Å². The smallest absolute Gasteiger partial charge is 0.122 e. The van der Waals surface area contributed by atoms with E-state index in [2.05, 4.69) is 0 Å². The van der Waals surface area contributed by atoms with E-state index in [1.54, 1.807) is 0 Å². The molecule has 0 fully saturated rings. The summed E-state index contributed by atoms with van der Waals surface area (Å²) in [4.78, 5) is 0. The van der Waals surface area contributed by atoms with Gasteiger partial charge in [0.2, 0.25) is 0 Å². The van der Waals surface area contributed by atoms with E-state index < -0.39 is 0 Å². The minimum Gasteiger partial charge on any atom is -0.493 e. The summed E-state index contributed by atoms with van der Waals surface area (Å²) in [6, 6.07) is 5.84. The van der Waals surface area contributed by atoms with Crippen LogP contribution >= 0.6 is 0 Å². The fourth-order valence-electron chi connectivity index (χ4n) is 2.21. The molecule has 3 heteroatoms. The Hall–Kier alpha value is -1.06. The van der Waals surface area contributed by atoms with E-state index in [4.69, 9.17) is 9.84 Å². The number of hydrogen-bond donors (Lipinski definition) is 2. The SMILES string of the molecule is CC(CO)COc1cccc2c1CCCC2O. The highest BCUT2D eigenvalue weighted by Gasteiger charge is 2.20. The lowest BCUT2D eigenvalue weighted by molar-refractivity contribution is 0.152. The van der Waals surface area contributed by atoms with Crippen LogP contribution in [0.5, 0.6) is 5.75 Å². The van der Waals surface area contributed by atoms with Crippen LogP contribution in [0.4, 0.5) is 0 Å². The Morgan fingerprint density at radius 2 is 2.29 bits per heavy atom. The van der Waals surface area contributed by atoms with Crippen molar-refractivity contribution in [3.05, 3.63) is 29.3 Å². The second kappa shape index (κ2) is 5.52. The maximum absolute atomic E-state index is 9.91. The summed E-state index contributed by atoms with van der Waals surface area (Å²) in [6.45, 7) is 2.60. The summed E-state index contributed by atoms with van der Waals surface area (Å²) in [5.41, 5.74) is 2.14. The average molecular weight is 236 g/mol. The van der Waals surface area contributed by atoms with Gasteiger partial charge in [-0.2, -0.15) is 0 Å². The van der Waals surface area contributed by atoms with Gasteiger partial charge < -0.3 is 14.9 Å². The van der Waals surface area contributed by atoms with Crippen molar-refractivity contribution in [3.63, 3.8) is 0 Å². The van der Waals surface area contributed by atoms with Gasteiger partial charge in [-0.25, -0.2) is 0 Å². The average Bonchev–Trinajstić information content (AvgIpc) is 2.36. The monoisotopic (exact) mass is 236 g/mol. The lowest BCUT2D eigenvalue weighted by atomic mass is 9.89. The van der Waals surface area contributed by atoms with E-state index in [0.717, 1.165) is 36.1 Å². The molecule has 1 aliphatic carbocycles. The molecule has 0 radical (unpaired) electrons. The van der Waals surface area contributed by atoms with Gasteiger partial charge in [0.05, 0.1) is 12.7 Å². The van der Waals surface area contributed by atoms with E-state index in [0.29, 0.717) is 6.61 Å². The number of aliphatic hydroxyl groups is 2. The first-order chi connectivity index (χ1) is 8.22. The highest BCUT2D eigenvalue weighted by atomic mass is 16.5. The van der Waals surface area contributed by atoms with Gasteiger partial charge in [-0.3, -0.25) is 0 Å². The fraction of sp³-hybridized carbons (Fsp3) is 0.571. The largest absolute Gasteiger partial charge is 0.493 e. The van der Waals surface area contributed by atoms with E-state index in [9.17, 15) is 5.11 Å². The summed E-state index contributed by atoms with van der Waals surface area (Å²) in [6.07, 6.45) is 2.46. The molecule has 1 aliphatic rings. The Kier molecular flexibility index (Phi) is 4.02. The molecule has 0 spiro atoms. The molecule has 0 amide bonds. The van der Waals surface area contributed by atoms with Gasteiger partial charge in [0.25, 0.3) is 0 Å². The third-order valence-corrected chi connectivity index (χ3v) is 3.27. The molecule has 94 valence electrons. The molecule has 0 aromatic heterocycles. The zero-order chi connectivity index (χ0) is 12.3. The van der Waals surface area contributed by atoms with Crippen molar-refractivity contribution < 1.29 is 14.9 Å². The molecule has 2 N–H and O–H groups in total. The second-order valence-corrected chi connectivity index (χ2v) is 4.83. The Balaban J connectivity index is 2.15. The fourth-order valence-corrected chi connectivity index (χ4v) is 2.21. The molecule has 2 atom stereocenters. The van der Waals surface area contributed by atoms with Crippen molar-refractivity contribution in [1.82, 2.24) is 0 Å². The molecule has 2 rings (SSSR count). The van der Waals surface area contributed by atoms with Gasteiger partial charge in [-0.05, 0) is 36.5 Å². The molecular weight excluding hydrogens is 216 g/mol. The van der Waals surface area contributed by atoms with Crippen LogP contribution in [0.3, 0.4) is 0 Å². The van der Waals surface area contributed by atoms with Gasteiger partial charge in [0.1, 0.15) is 5.75 Å². The normalized spacial score (nSPS) is 20.8. The van der Waals surface area contributed by atoms with Crippen molar-refractivity contribution in [2.24, 2.45) is 5.92 Å². The van der Waals surface area contributed by atoms with E-state index in [1.807, 2.05) is 25.1 Å². The lowest BCUT2D eigenvalue weighted by Gasteiger charge is -2.24. The second-order valence-electron chi connectivity index (χ2n) is 4.83. The van der Waals surface area contributed by atoms with Crippen LogP contribution in [-0.4, -0.2) is 23.4 Å². The predicted octanol–water partition coefficient (Wildman–Crippen LogP) is 2.06. The zero-order valence-corrected chi connectivity index (χ0v) is 10.2. The minimum absolute atomic E-state index is 0.137. The van der Waals surface area contributed by atoms with Crippen LogP contribution in [0, 0.1) is 5.92 Å². The summed E-state index contributed by atoms with van der Waals surface area (Å²) < 4.78 is 5.73. The summed E-state index contributed by atoms with van der Waals surface area (Å²) in [5, 5.41) is 18.9. The molecule has 0 heterocycles. The van der Waals surface area contributed by atoms with Crippen LogP contribution in [0.15, 0.2) is 18.2 Å². The standard InChI is InChI=1S/C14H20O3/c1-10(8-15)9-17-14-7-3-4-11-12(14)5-2-6-13(11)16/h3-4,7,10,13,15-16H,2,5-6,8-9H2,1H3. The van der Waals surface area contributed by atoms with Gasteiger partial charge >= 0.3 is 0 Å². The van der Waals surface area contributed by atoms with E-state index >= 15 is 0 Å². The lowest BCUT2D eigenvalue weighted by Crippen LogP contribution is -2.15. The number of fused-ring (bicyclic) bond motifs is 1. The van der Waals surface area contributed by atoms with Crippen molar-refractivity contribution in [2.75, 3.05) is 13.2 Å². The van der Waals surface area contributed by atoms with Crippen molar-refractivity contribution >= 4 is 0 Å². The molecule has 2 unspecified atom stereocenters. The topological polar surface area (TPSA) is 49.7 Å². The van der Waals surface area contributed by atoms with Crippen LogP contribution < -0.4 is 4.74 Å². The van der Waals surface area contributed by atoms with E-state index in [-0.39, 0.29) is 18.6 Å². The first-order valence-corrected chi connectivity index (χ1v) is 6.26.